The first kappa shape index (κ1) is 20.0. The van der Waals surface area contributed by atoms with Gasteiger partial charge >= 0.3 is 0 Å². The van der Waals surface area contributed by atoms with Crippen LogP contribution < -0.4 is 5.32 Å². The minimum atomic E-state index is -0.166. The molecule has 1 saturated heterocycles. The van der Waals surface area contributed by atoms with Crippen LogP contribution in [0.3, 0.4) is 0 Å². The van der Waals surface area contributed by atoms with Crippen LogP contribution in [0, 0.1) is 5.92 Å². The lowest BCUT2D eigenvalue weighted by Crippen LogP contribution is -2.45. The van der Waals surface area contributed by atoms with Gasteiger partial charge in [0.05, 0.1) is 5.92 Å². The Morgan fingerprint density at radius 1 is 1.14 bits per heavy atom. The molecule has 3 rings (SSSR count). The van der Waals surface area contributed by atoms with E-state index in [0.29, 0.717) is 25.2 Å². The summed E-state index contributed by atoms with van der Waals surface area (Å²) in [6, 6.07) is 11.6. The maximum absolute atomic E-state index is 12.7. The highest BCUT2D eigenvalue weighted by atomic mass is 16.2. The van der Waals surface area contributed by atoms with Gasteiger partial charge in [0.1, 0.15) is 0 Å². The number of benzene rings is 1. The first-order valence-corrected chi connectivity index (χ1v) is 9.73. The summed E-state index contributed by atoms with van der Waals surface area (Å²) in [7, 11) is 4.07. The molecular weight excluding hydrogens is 352 g/mol. The molecule has 1 unspecified atom stereocenters. The maximum Gasteiger partial charge on any atom is 0.253 e. The summed E-state index contributed by atoms with van der Waals surface area (Å²) in [5.41, 5.74) is 2.96. The van der Waals surface area contributed by atoms with Crippen molar-refractivity contribution in [3.8, 4) is 0 Å². The van der Waals surface area contributed by atoms with Crippen LogP contribution in [0.15, 0.2) is 48.8 Å². The lowest BCUT2D eigenvalue weighted by Gasteiger charge is -2.32. The lowest BCUT2D eigenvalue weighted by molar-refractivity contribution is -0.126. The van der Waals surface area contributed by atoms with E-state index in [2.05, 4.69) is 27.3 Å². The molecule has 1 aromatic heterocycles. The second kappa shape index (κ2) is 9.46. The molecule has 2 amide bonds. The van der Waals surface area contributed by atoms with E-state index in [4.69, 9.17) is 0 Å². The smallest absolute Gasteiger partial charge is 0.253 e. The monoisotopic (exact) mass is 380 g/mol. The molecule has 0 radical (unpaired) electrons. The van der Waals surface area contributed by atoms with Crippen molar-refractivity contribution in [2.24, 2.45) is 5.92 Å². The van der Waals surface area contributed by atoms with Gasteiger partial charge in [0, 0.05) is 44.1 Å². The molecule has 0 spiro atoms. The van der Waals surface area contributed by atoms with Crippen LogP contribution in [-0.4, -0.2) is 53.8 Å². The second-order valence-corrected chi connectivity index (χ2v) is 7.55. The fraction of sp³-hybridized carbons (Fsp3) is 0.409. The van der Waals surface area contributed by atoms with Gasteiger partial charge in [0.2, 0.25) is 5.91 Å². The molecule has 2 heterocycles. The lowest BCUT2D eigenvalue weighted by atomic mass is 9.96. The Morgan fingerprint density at radius 2 is 1.86 bits per heavy atom. The van der Waals surface area contributed by atoms with Crippen molar-refractivity contribution in [2.75, 3.05) is 27.2 Å². The van der Waals surface area contributed by atoms with E-state index in [-0.39, 0.29) is 17.7 Å². The molecule has 1 atom stereocenters. The summed E-state index contributed by atoms with van der Waals surface area (Å²) >= 11 is 0. The average Bonchev–Trinajstić information content (AvgIpc) is 2.72. The van der Waals surface area contributed by atoms with E-state index in [1.807, 2.05) is 26.2 Å². The topological polar surface area (TPSA) is 65.5 Å². The number of carbonyl (C=O) groups excluding carboxylic acids is 2. The molecule has 1 aliphatic rings. The van der Waals surface area contributed by atoms with Crippen molar-refractivity contribution >= 4 is 11.8 Å². The zero-order valence-corrected chi connectivity index (χ0v) is 16.6. The molecule has 6 heteroatoms. The molecule has 1 fully saturated rings. The number of amides is 2. The highest BCUT2D eigenvalue weighted by molar-refractivity contribution is 5.94. The Kier molecular flexibility index (Phi) is 6.76. The van der Waals surface area contributed by atoms with E-state index in [0.717, 1.165) is 24.9 Å². The number of likely N-dealkylation sites (tertiary alicyclic amines) is 1. The Balaban J connectivity index is 1.58. The summed E-state index contributed by atoms with van der Waals surface area (Å²) < 4.78 is 0. The largest absolute Gasteiger partial charge is 0.352 e. The minimum absolute atomic E-state index is 0.0203. The zero-order chi connectivity index (χ0) is 19.9. The van der Waals surface area contributed by atoms with Gasteiger partial charge in [-0.3, -0.25) is 14.6 Å². The third-order valence-electron chi connectivity index (χ3n) is 5.06. The van der Waals surface area contributed by atoms with Crippen LogP contribution in [0.5, 0.6) is 0 Å². The van der Waals surface area contributed by atoms with E-state index in [9.17, 15) is 9.59 Å². The highest BCUT2D eigenvalue weighted by Gasteiger charge is 2.28. The first-order valence-electron chi connectivity index (χ1n) is 9.73. The first-order chi connectivity index (χ1) is 13.5. The molecule has 1 aromatic carbocycles. The third-order valence-corrected chi connectivity index (χ3v) is 5.06. The summed E-state index contributed by atoms with van der Waals surface area (Å²) in [6.45, 7) is 2.50. The van der Waals surface area contributed by atoms with Gasteiger partial charge in [0.15, 0.2) is 0 Å². The van der Waals surface area contributed by atoms with Gasteiger partial charge in [-0.2, -0.15) is 0 Å². The van der Waals surface area contributed by atoms with Crippen LogP contribution in [0.25, 0.3) is 0 Å². The predicted molar refractivity (Wildman–Crippen MR) is 109 cm³/mol. The second-order valence-electron chi connectivity index (χ2n) is 7.55. The number of pyridine rings is 1. The number of piperidine rings is 1. The van der Waals surface area contributed by atoms with Crippen LogP contribution in [0.2, 0.25) is 0 Å². The molecule has 6 nitrogen and oxygen atoms in total. The number of carbonyl (C=O) groups is 2. The number of rotatable bonds is 6. The van der Waals surface area contributed by atoms with Crippen molar-refractivity contribution in [3.05, 3.63) is 65.5 Å². The van der Waals surface area contributed by atoms with Crippen molar-refractivity contribution in [3.63, 3.8) is 0 Å². The fourth-order valence-electron chi connectivity index (χ4n) is 3.60. The van der Waals surface area contributed by atoms with Crippen LogP contribution >= 0.6 is 0 Å². The van der Waals surface area contributed by atoms with Gasteiger partial charge in [-0.05, 0) is 50.2 Å². The van der Waals surface area contributed by atoms with E-state index in [1.165, 1.54) is 5.56 Å². The SMILES string of the molecule is CN(C)Cc1ccccc1CNC(=O)C1CCCN(C(=O)c2ccncc2)C1. The average molecular weight is 380 g/mol. The van der Waals surface area contributed by atoms with Crippen LogP contribution in [-0.2, 0) is 17.9 Å². The summed E-state index contributed by atoms with van der Waals surface area (Å²) in [5, 5.41) is 3.08. The summed E-state index contributed by atoms with van der Waals surface area (Å²) in [4.78, 5) is 33.2. The predicted octanol–water partition coefficient (Wildman–Crippen LogP) is 2.31. The molecule has 148 valence electrons. The Morgan fingerprint density at radius 3 is 2.57 bits per heavy atom. The van der Waals surface area contributed by atoms with E-state index >= 15 is 0 Å². The molecule has 2 aromatic rings. The molecule has 28 heavy (non-hydrogen) atoms. The minimum Gasteiger partial charge on any atom is -0.352 e. The fourth-order valence-corrected chi connectivity index (χ4v) is 3.60. The standard InChI is InChI=1S/C22H28N4O2/c1-25(2)15-19-7-4-3-6-18(19)14-24-21(27)20-8-5-13-26(16-20)22(28)17-9-11-23-12-10-17/h3-4,6-7,9-12,20H,5,8,13-16H2,1-2H3,(H,24,27). The van der Waals surface area contributed by atoms with Crippen LogP contribution in [0.4, 0.5) is 0 Å². The summed E-state index contributed by atoms with van der Waals surface area (Å²) in [6.07, 6.45) is 4.89. The Labute approximate surface area is 166 Å². The van der Waals surface area contributed by atoms with E-state index < -0.39 is 0 Å². The quantitative estimate of drug-likeness (QED) is 0.835. The zero-order valence-electron chi connectivity index (χ0n) is 16.6. The van der Waals surface area contributed by atoms with Crippen molar-refractivity contribution in [2.45, 2.75) is 25.9 Å². The van der Waals surface area contributed by atoms with E-state index in [1.54, 1.807) is 29.4 Å². The normalized spacial score (nSPS) is 16.8. The molecule has 0 aliphatic carbocycles. The van der Waals surface area contributed by atoms with Crippen LogP contribution in [0.1, 0.15) is 34.3 Å². The third kappa shape index (κ3) is 5.16. The number of hydrogen-bond donors (Lipinski definition) is 1. The van der Waals surface area contributed by atoms with Crippen molar-refractivity contribution in [1.82, 2.24) is 20.1 Å². The molecule has 0 saturated carbocycles. The number of nitrogens with zero attached hydrogens (tertiary/aromatic N) is 3. The van der Waals surface area contributed by atoms with Gasteiger partial charge in [-0.1, -0.05) is 24.3 Å². The highest BCUT2D eigenvalue weighted by Crippen LogP contribution is 2.19. The summed E-state index contributed by atoms with van der Waals surface area (Å²) in [5.74, 6) is -0.177. The van der Waals surface area contributed by atoms with Gasteiger partial charge in [0.25, 0.3) is 5.91 Å². The number of nitrogens with one attached hydrogen (secondary N) is 1. The number of hydrogen-bond acceptors (Lipinski definition) is 4. The molecule has 1 N–H and O–H groups in total. The maximum atomic E-state index is 12.7. The van der Waals surface area contributed by atoms with Gasteiger partial charge in [-0.15, -0.1) is 0 Å². The van der Waals surface area contributed by atoms with Gasteiger partial charge < -0.3 is 15.1 Å². The van der Waals surface area contributed by atoms with Crippen molar-refractivity contribution < 1.29 is 9.59 Å². The van der Waals surface area contributed by atoms with Crippen molar-refractivity contribution in [1.29, 1.82) is 0 Å². The number of aromatic nitrogens is 1. The Hall–Kier alpha value is -2.73. The molecule has 1 aliphatic heterocycles. The Bertz CT molecular complexity index is 807. The molecular formula is C22H28N4O2. The molecule has 0 bridgehead atoms. The van der Waals surface area contributed by atoms with Gasteiger partial charge in [-0.25, -0.2) is 0 Å².